The van der Waals surface area contributed by atoms with Crippen LogP contribution in [0.25, 0.3) is 0 Å². The van der Waals surface area contributed by atoms with Gasteiger partial charge in [0.1, 0.15) is 6.10 Å². The number of nitrogens with one attached hydrogen (secondary N) is 1. The van der Waals surface area contributed by atoms with Crippen LogP contribution in [-0.4, -0.2) is 28.8 Å². The molecule has 1 heterocycles. The second-order valence-electron chi connectivity index (χ2n) is 5.00. The Kier molecular flexibility index (Phi) is 7.51. The number of anilines is 1. The molecule has 0 radical (unpaired) electrons. The lowest BCUT2D eigenvalue weighted by atomic mass is 10.2. The van der Waals surface area contributed by atoms with Crippen molar-refractivity contribution in [3.8, 4) is 0 Å². The molecule has 2 rings (SSSR count). The summed E-state index contributed by atoms with van der Waals surface area (Å²) in [6.45, 7) is 4.43. The van der Waals surface area contributed by atoms with Crippen molar-refractivity contribution >= 4 is 34.1 Å². The Bertz CT molecular complexity index is 604. The van der Waals surface area contributed by atoms with Gasteiger partial charge < -0.3 is 4.74 Å². The van der Waals surface area contributed by atoms with E-state index in [1.165, 1.54) is 16.9 Å². The molecule has 0 bridgehead atoms. The molecule has 1 N–H and O–H groups in total. The average Bonchev–Trinajstić information content (AvgIpc) is 3.01. The third-order valence-corrected chi connectivity index (χ3v) is 5.12. The summed E-state index contributed by atoms with van der Waals surface area (Å²) in [4.78, 5) is 12.0. The van der Waals surface area contributed by atoms with Gasteiger partial charge in [0.05, 0.1) is 0 Å². The standard InChI is InChI=1S/C16H21N3O2S2/c1-3-4-10-21-12(2)14(20)17-15-18-19-16(23-15)22-11-13-8-6-5-7-9-13/h5-9,12H,3-4,10-11H2,1-2H3,(H,17,18,20). The van der Waals surface area contributed by atoms with E-state index in [1.54, 1.807) is 18.7 Å². The van der Waals surface area contributed by atoms with Crippen molar-refractivity contribution < 1.29 is 9.53 Å². The molecule has 1 aromatic heterocycles. The molecule has 1 amide bonds. The number of thioether (sulfide) groups is 1. The Labute approximate surface area is 144 Å². The normalized spacial score (nSPS) is 12.1. The Morgan fingerprint density at radius 3 is 2.87 bits per heavy atom. The van der Waals surface area contributed by atoms with Crippen LogP contribution in [0.2, 0.25) is 0 Å². The van der Waals surface area contributed by atoms with E-state index in [2.05, 4.69) is 34.6 Å². The van der Waals surface area contributed by atoms with Crippen LogP contribution in [0.3, 0.4) is 0 Å². The molecule has 0 saturated heterocycles. The summed E-state index contributed by atoms with van der Waals surface area (Å²) < 4.78 is 6.30. The largest absolute Gasteiger partial charge is 0.369 e. The van der Waals surface area contributed by atoms with Crippen LogP contribution in [0.15, 0.2) is 34.7 Å². The van der Waals surface area contributed by atoms with Crippen LogP contribution >= 0.6 is 23.1 Å². The van der Waals surface area contributed by atoms with Crippen LogP contribution in [0.1, 0.15) is 32.3 Å². The van der Waals surface area contributed by atoms with Gasteiger partial charge in [-0.05, 0) is 18.9 Å². The van der Waals surface area contributed by atoms with Crippen LogP contribution in [0.5, 0.6) is 0 Å². The molecule has 7 heteroatoms. The minimum atomic E-state index is -0.481. The van der Waals surface area contributed by atoms with Gasteiger partial charge in [0.2, 0.25) is 5.13 Å². The van der Waals surface area contributed by atoms with Gasteiger partial charge >= 0.3 is 0 Å². The number of hydrogen-bond acceptors (Lipinski definition) is 6. The van der Waals surface area contributed by atoms with Gasteiger partial charge in [-0.3, -0.25) is 10.1 Å². The van der Waals surface area contributed by atoms with Gasteiger partial charge in [0, 0.05) is 12.4 Å². The molecule has 0 aliphatic rings. The number of unbranched alkanes of at least 4 members (excludes halogenated alkanes) is 1. The van der Waals surface area contributed by atoms with Crippen LogP contribution in [0, 0.1) is 0 Å². The van der Waals surface area contributed by atoms with Gasteiger partial charge in [-0.15, -0.1) is 10.2 Å². The van der Waals surface area contributed by atoms with Gasteiger partial charge in [-0.25, -0.2) is 0 Å². The Balaban J connectivity index is 1.78. The van der Waals surface area contributed by atoms with Crippen molar-refractivity contribution in [2.75, 3.05) is 11.9 Å². The van der Waals surface area contributed by atoms with E-state index >= 15 is 0 Å². The maximum Gasteiger partial charge on any atom is 0.255 e. The maximum atomic E-state index is 12.0. The number of carbonyl (C=O) groups excluding carboxylic acids is 1. The van der Waals surface area contributed by atoms with Crippen molar-refractivity contribution in [3.63, 3.8) is 0 Å². The molecule has 1 aromatic carbocycles. The Morgan fingerprint density at radius 2 is 2.13 bits per heavy atom. The molecule has 0 fully saturated rings. The fourth-order valence-corrected chi connectivity index (χ4v) is 3.44. The highest BCUT2D eigenvalue weighted by Gasteiger charge is 2.15. The topological polar surface area (TPSA) is 64.1 Å². The number of benzene rings is 1. The van der Waals surface area contributed by atoms with Gasteiger partial charge in [0.25, 0.3) is 5.91 Å². The second kappa shape index (κ2) is 9.64. The van der Waals surface area contributed by atoms with Gasteiger partial charge in [-0.1, -0.05) is 66.8 Å². The number of nitrogens with zero attached hydrogens (tertiary/aromatic N) is 2. The minimum Gasteiger partial charge on any atom is -0.369 e. The van der Waals surface area contributed by atoms with E-state index in [-0.39, 0.29) is 5.91 Å². The zero-order chi connectivity index (χ0) is 16.5. The lowest BCUT2D eigenvalue weighted by Crippen LogP contribution is -2.28. The maximum absolute atomic E-state index is 12.0. The Hall–Kier alpha value is -1.44. The zero-order valence-corrected chi connectivity index (χ0v) is 15.0. The molecule has 0 saturated carbocycles. The molecule has 0 aliphatic carbocycles. The molecule has 0 aliphatic heterocycles. The van der Waals surface area contributed by atoms with Crippen molar-refractivity contribution in [2.24, 2.45) is 0 Å². The van der Waals surface area contributed by atoms with Crippen molar-refractivity contribution in [2.45, 2.75) is 42.9 Å². The van der Waals surface area contributed by atoms with Crippen molar-refractivity contribution in [1.29, 1.82) is 0 Å². The fourth-order valence-electron chi connectivity index (χ4n) is 1.73. The highest BCUT2D eigenvalue weighted by atomic mass is 32.2. The second-order valence-corrected chi connectivity index (χ2v) is 7.20. The van der Waals surface area contributed by atoms with Gasteiger partial charge in [-0.2, -0.15) is 0 Å². The summed E-state index contributed by atoms with van der Waals surface area (Å²) >= 11 is 2.99. The first kappa shape index (κ1) is 17.9. The zero-order valence-electron chi connectivity index (χ0n) is 13.3. The first-order valence-electron chi connectivity index (χ1n) is 7.61. The minimum absolute atomic E-state index is 0.183. The van der Waals surface area contributed by atoms with Crippen LogP contribution < -0.4 is 5.32 Å². The van der Waals surface area contributed by atoms with Crippen LogP contribution in [-0.2, 0) is 15.3 Å². The Morgan fingerprint density at radius 1 is 1.35 bits per heavy atom. The van der Waals surface area contributed by atoms with Gasteiger partial charge in [0.15, 0.2) is 4.34 Å². The lowest BCUT2D eigenvalue weighted by molar-refractivity contribution is -0.126. The van der Waals surface area contributed by atoms with E-state index in [1.807, 2.05) is 18.2 Å². The third kappa shape index (κ3) is 6.29. The number of amides is 1. The number of ether oxygens (including phenoxy) is 1. The SMILES string of the molecule is CCCCOC(C)C(=O)Nc1nnc(SCc2ccccc2)s1. The molecule has 0 spiro atoms. The number of aromatic nitrogens is 2. The summed E-state index contributed by atoms with van der Waals surface area (Å²) in [7, 11) is 0. The predicted octanol–water partition coefficient (Wildman–Crippen LogP) is 3.97. The summed E-state index contributed by atoms with van der Waals surface area (Å²) in [5, 5.41) is 11.4. The van der Waals surface area contributed by atoms with Crippen LogP contribution in [0.4, 0.5) is 5.13 Å². The van der Waals surface area contributed by atoms with E-state index in [0.717, 1.165) is 22.9 Å². The molecule has 2 aromatic rings. The first-order chi connectivity index (χ1) is 11.2. The van der Waals surface area contributed by atoms with E-state index < -0.39 is 6.10 Å². The molecular formula is C16H21N3O2S2. The number of rotatable bonds is 9. The van der Waals surface area contributed by atoms with E-state index in [4.69, 9.17) is 4.74 Å². The number of hydrogen-bond donors (Lipinski definition) is 1. The molecule has 1 atom stereocenters. The first-order valence-corrected chi connectivity index (χ1v) is 9.42. The molecule has 23 heavy (non-hydrogen) atoms. The fraction of sp³-hybridized carbons (Fsp3) is 0.438. The molecule has 5 nitrogen and oxygen atoms in total. The summed E-state index contributed by atoms with van der Waals surface area (Å²) in [6, 6.07) is 10.2. The van der Waals surface area contributed by atoms with E-state index in [0.29, 0.717) is 11.7 Å². The highest BCUT2D eigenvalue weighted by molar-refractivity contribution is 8.00. The van der Waals surface area contributed by atoms with Crippen molar-refractivity contribution in [3.05, 3.63) is 35.9 Å². The lowest BCUT2D eigenvalue weighted by Gasteiger charge is -2.11. The summed E-state index contributed by atoms with van der Waals surface area (Å²) in [5.74, 6) is 0.650. The third-order valence-electron chi connectivity index (χ3n) is 3.08. The summed E-state index contributed by atoms with van der Waals surface area (Å²) in [5.41, 5.74) is 1.23. The molecular weight excluding hydrogens is 330 g/mol. The highest BCUT2D eigenvalue weighted by Crippen LogP contribution is 2.28. The van der Waals surface area contributed by atoms with E-state index in [9.17, 15) is 4.79 Å². The molecule has 124 valence electrons. The predicted molar refractivity (Wildman–Crippen MR) is 94.9 cm³/mol. The monoisotopic (exact) mass is 351 g/mol. The number of carbonyl (C=O) groups is 1. The smallest absolute Gasteiger partial charge is 0.255 e. The summed E-state index contributed by atoms with van der Waals surface area (Å²) in [6.07, 6.45) is 1.52. The van der Waals surface area contributed by atoms with Crippen molar-refractivity contribution in [1.82, 2.24) is 10.2 Å². The average molecular weight is 351 g/mol. The molecule has 1 unspecified atom stereocenters. The quantitative estimate of drug-likeness (QED) is 0.421.